The number of hydrogen-bond acceptors (Lipinski definition) is 3. The Balaban J connectivity index is 1.33. The molecule has 0 aromatic carbocycles. The van der Waals surface area contributed by atoms with E-state index in [1.807, 2.05) is 7.11 Å². The lowest BCUT2D eigenvalue weighted by Gasteiger charge is -2.61. The lowest BCUT2D eigenvalue weighted by molar-refractivity contribution is -0.161. The van der Waals surface area contributed by atoms with Gasteiger partial charge < -0.3 is 14.9 Å². The van der Waals surface area contributed by atoms with Crippen molar-refractivity contribution in [1.29, 1.82) is 0 Å². The highest BCUT2D eigenvalue weighted by Gasteiger charge is 2.77. The number of ether oxygens (including phenoxy) is 1. The van der Waals surface area contributed by atoms with Crippen LogP contribution < -0.4 is 0 Å². The van der Waals surface area contributed by atoms with Crippen molar-refractivity contribution in [3.8, 4) is 0 Å². The summed E-state index contributed by atoms with van der Waals surface area (Å²) >= 11 is 0. The van der Waals surface area contributed by atoms with Gasteiger partial charge in [0.25, 0.3) is 0 Å². The first kappa shape index (κ1) is 22.7. The fourth-order valence-corrected chi connectivity index (χ4v) is 10.5. The molecular formula is C28H48O3. The molecule has 0 aliphatic heterocycles. The van der Waals surface area contributed by atoms with Crippen LogP contribution in [0.3, 0.4) is 0 Å². The minimum Gasteiger partial charge on any atom is -0.390 e. The van der Waals surface area contributed by atoms with E-state index in [4.69, 9.17) is 4.74 Å². The van der Waals surface area contributed by atoms with Crippen LogP contribution in [0.4, 0.5) is 0 Å². The monoisotopic (exact) mass is 432 g/mol. The molecule has 5 fully saturated rings. The summed E-state index contributed by atoms with van der Waals surface area (Å²) in [6.07, 6.45) is 12.8. The van der Waals surface area contributed by atoms with Crippen LogP contribution in [-0.2, 0) is 4.74 Å². The second-order valence-electron chi connectivity index (χ2n) is 13.7. The Hall–Kier alpha value is -0.120. The Morgan fingerprint density at radius 3 is 2.42 bits per heavy atom. The van der Waals surface area contributed by atoms with Crippen LogP contribution in [0.25, 0.3) is 0 Å². The highest BCUT2D eigenvalue weighted by molar-refractivity contribution is 5.26. The molecule has 0 radical (unpaired) electrons. The average Bonchev–Trinajstić information content (AvgIpc) is 3.21. The fourth-order valence-electron chi connectivity index (χ4n) is 10.5. The van der Waals surface area contributed by atoms with Crippen LogP contribution in [0.5, 0.6) is 0 Å². The van der Waals surface area contributed by atoms with Gasteiger partial charge in [-0.1, -0.05) is 20.8 Å². The maximum Gasteiger partial charge on any atom is 0.0849 e. The van der Waals surface area contributed by atoms with Gasteiger partial charge in [0.2, 0.25) is 0 Å². The third kappa shape index (κ3) is 3.01. The average molecular weight is 433 g/mol. The van der Waals surface area contributed by atoms with Crippen molar-refractivity contribution < 1.29 is 14.9 Å². The summed E-state index contributed by atoms with van der Waals surface area (Å²) in [6, 6.07) is 0. The van der Waals surface area contributed by atoms with Crippen LogP contribution >= 0.6 is 0 Å². The molecule has 0 bridgehead atoms. The number of hydrogen-bond donors (Lipinski definition) is 2. The van der Waals surface area contributed by atoms with Gasteiger partial charge in [0.1, 0.15) is 0 Å². The van der Waals surface area contributed by atoms with Crippen molar-refractivity contribution in [2.45, 2.75) is 117 Å². The van der Waals surface area contributed by atoms with Gasteiger partial charge in [-0.05, 0) is 124 Å². The SMILES string of the molecule is CO[C@@H]1C[C@H]2[C@@H]3CC[C@H]([C@H](C)CC[C@H](O)C(C)(C)O)[C@@]3(C)CC[C@@H]2[C@@]2(C)CC[C@H]3C[C@]312. The zero-order valence-electron chi connectivity index (χ0n) is 21.0. The summed E-state index contributed by atoms with van der Waals surface area (Å²) in [4.78, 5) is 0. The molecule has 11 atom stereocenters. The topological polar surface area (TPSA) is 49.7 Å². The smallest absolute Gasteiger partial charge is 0.0849 e. The van der Waals surface area contributed by atoms with Gasteiger partial charge in [-0.15, -0.1) is 0 Å². The summed E-state index contributed by atoms with van der Waals surface area (Å²) < 4.78 is 6.26. The summed E-state index contributed by atoms with van der Waals surface area (Å²) in [5, 5.41) is 20.5. The fraction of sp³-hybridized carbons (Fsp3) is 1.00. The summed E-state index contributed by atoms with van der Waals surface area (Å²) in [5.41, 5.74) is 0.490. The second kappa shape index (κ2) is 7.19. The van der Waals surface area contributed by atoms with E-state index in [0.717, 1.165) is 36.0 Å². The van der Waals surface area contributed by atoms with Crippen molar-refractivity contribution in [3.05, 3.63) is 0 Å². The van der Waals surface area contributed by atoms with E-state index in [9.17, 15) is 10.2 Å². The molecule has 3 heteroatoms. The van der Waals surface area contributed by atoms with Crippen molar-refractivity contribution >= 4 is 0 Å². The van der Waals surface area contributed by atoms with Crippen molar-refractivity contribution in [3.63, 3.8) is 0 Å². The lowest BCUT2D eigenvalue weighted by Crippen LogP contribution is -2.57. The Kier molecular flexibility index (Phi) is 5.25. The van der Waals surface area contributed by atoms with E-state index in [-0.39, 0.29) is 0 Å². The molecule has 0 unspecified atom stereocenters. The molecule has 5 aliphatic rings. The van der Waals surface area contributed by atoms with Gasteiger partial charge in [-0.3, -0.25) is 0 Å². The third-order valence-electron chi connectivity index (χ3n) is 12.3. The summed E-state index contributed by atoms with van der Waals surface area (Å²) in [5.74, 6) is 4.94. The third-order valence-corrected chi connectivity index (χ3v) is 12.3. The van der Waals surface area contributed by atoms with Gasteiger partial charge in [0.15, 0.2) is 0 Å². The molecule has 5 aliphatic carbocycles. The van der Waals surface area contributed by atoms with E-state index >= 15 is 0 Å². The molecule has 3 nitrogen and oxygen atoms in total. The lowest BCUT2D eigenvalue weighted by atomic mass is 9.45. The van der Waals surface area contributed by atoms with Gasteiger partial charge in [-0.2, -0.15) is 0 Å². The molecule has 2 N–H and O–H groups in total. The molecule has 31 heavy (non-hydrogen) atoms. The van der Waals surface area contributed by atoms with E-state index in [1.54, 1.807) is 13.8 Å². The predicted molar refractivity (Wildman–Crippen MR) is 125 cm³/mol. The van der Waals surface area contributed by atoms with Crippen LogP contribution in [0.15, 0.2) is 0 Å². The van der Waals surface area contributed by atoms with Gasteiger partial charge >= 0.3 is 0 Å². The van der Waals surface area contributed by atoms with Crippen LogP contribution in [-0.4, -0.2) is 35.1 Å². The van der Waals surface area contributed by atoms with E-state index in [2.05, 4.69) is 20.8 Å². The number of methoxy groups -OCH3 is 1. The predicted octanol–water partition coefficient (Wildman–Crippen LogP) is 5.82. The maximum atomic E-state index is 10.4. The zero-order valence-corrected chi connectivity index (χ0v) is 21.0. The van der Waals surface area contributed by atoms with Gasteiger partial charge in [0, 0.05) is 12.5 Å². The number of aliphatic hydroxyl groups is 2. The highest BCUT2D eigenvalue weighted by atomic mass is 16.5. The largest absolute Gasteiger partial charge is 0.390 e. The number of aliphatic hydroxyl groups excluding tert-OH is 1. The summed E-state index contributed by atoms with van der Waals surface area (Å²) in [7, 11) is 1.99. The molecule has 1 spiro atoms. The van der Waals surface area contributed by atoms with Crippen molar-refractivity contribution in [1.82, 2.24) is 0 Å². The normalized spacial score (nSPS) is 52.6. The van der Waals surface area contributed by atoms with Crippen molar-refractivity contribution in [2.75, 3.05) is 7.11 Å². The number of fused-ring (bicyclic) bond motifs is 4. The van der Waals surface area contributed by atoms with Gasteiger partial charge in [0.05, 0.1) is 17.8 Å². The van der Waals surface area contributed by atoms with Crippen LogP contribution in [0.2, 0.25) is 0 Å². The quantitative estimate of drug-likeness (QED) is 0.556. The molecule has 5 rings (SSSR count). The Labute approximate surface area is 190 Å². The minimum absolute atomic E-state index is 0.445. The molecule has 0 aromatic rings. The molecular weight excluding hydrogens is 384 g/mol. The van der Waals surface area contributed by atoms with E-state index in [0.29, 0.717) is 34.7 Å². The first-order chi connectivity index (χ1) is 14.5. The maximum absolute atomic E-state index is 10.4. The summed E-state index contributed by atoms with van der Waals surface area (Å²) in [6.45, 7) is 11.2. The first-order valence-corrected chi connectivity index (χ1v) is 13.4. The Morgan fingerprint density at radius 2 is 1.77 bits per heavy atom. The molecule has 0 saturated heterocycles. The second-order valence-corrected chi connectivity index (χ2v) is 13.7. The minimum atomic E-state index is -0.996. The van der Waals surface area contributed by atoms with Crippen LogP contribution in [0, 0.1) is 51.8 Å². The number of rotatable bonds is 6. The van der Waals surface area contributed by atoms with Crippen LogP contribution in [0.1, 0.15) is 98.8 Å². The van der Waals surface area contributed by atoms with E-state index in [1.165, 1.54) is 51.4 Å². The molecule has 0 aromatic heterocycles. The highest BCUT2D eigenvalue weighted by Crippen LogP contribution is 2.82. The first-order valence-electron chi connectivity index (χ1n) is 13.4. The van der Waals surface area contributed by atoms with E-state index < -0.39 is 11.7 Å². The molecule has 178 valence electrons. The van der Waals surface area contributed by atoms with Crippen molar-refractivity contribution in [2.24, 2.45) is 51.8 Å². The Bertz CT molecular complexity index is 699. The molecule has 0 heterocycles. The molecule has 0 amide bonds. The molecule has 5 saturated carbocycles. The van der Waals surface area contributed by atoms with Gasteiger partial charge in [-0.25, -0.2) is 0 Å². The standard InChI is InChI=1S/C28H48O3/c1-17(7-10-23(29)25(2,3)30)20-8-9-21-19-15-24(31-6)28-16-18(28)11-14-27(28,5)22(19)12-13-26(20,21)4/h17-24,29-30H,7-16H2,1-6H3/t17-,18+,19+,20-,21+,22+,23+,24-,26-,27-,28+/m1/s1. The zero-order chi connectivity index (χ0) is 22.4. The Morgan fingerprint density at radius 1 is 1.03 bits per heavy atom.